The van der Waals surface area contributed by atoms with Gasteiger partial charge in [-0.3, -0.25) is 4.90 Å². The van der Waals surface area contributed by atoms with Crippen LogP contribution >= 0.6 is 0 Å². The molecule has 1 aliphatic heterocycles. The number of halogens is 2. The van der Waals surface area contributed by atoms with Crippen LogP contribution in [-0.2, 0) is 6.54 Å². The highest BCUT2D eigenvalue weighted by Gasteiger charge is 2.34. The minimum absolute atomic E-state index is 0.268. The molecule has 0 saturated carbocycles. The second-order valence-corrected chi connectivity index (χ2v) is 5.67. The van der Waals surface area contributed by atoms with Crippen molar-refractivity contribution < 1.29 is 18.6 Å². The molecule has 2 heterocycles. The molecule has 122 valence electrons. The second-order valence-electron chi connectivity index (χ2n) is 5.67. The Bertz CT molecular complexity index is 696. The van der Waals surface area contributed by atoms with Gasteiger partial charge in [0.15, 0.2) is 0 Å². The molecule has 1 fully saturated rings. The SMILES string of the molecule is COc1cccc(CN2C[C@@H](O)C[C@@H]2c2cc(F)ccc2F)n1. The van der Waals surface area contributed by atoms with Crippen molar-refractivity contribution in [2.45, 2.75) is 25.1 Å². The van der Waals surface area contributed by atoms with Crippen molar-refractivity contribution in [3.63, 3.8) is 0 Å². The predicted molar refractivity (Wildman–Crippen MR) is 80.9 cm³/mol. The number of ether oxygens (including phenoxy) is 1. The normalized spacial score (nSPS) is 21.6. The number of nitrogens with zero attached hydrogens (tertiary/aromatic N) is 2. The minimum atomic E-state index is -0.576. The fourth-order valence-corrected chi connectivity index (χ4v) is 3.02. The smallest absolute Gasteiger partial charge is 0.213 e. The van der Waals surface area contributed by atoms with Gasteiger partial charge in [-0.2, -0.15) is 0 Å². The summed E-state index contributed by atoms with van der Waals surface area (Å²) in [7, 11) is 1.54. The molecular formula is C17H18F2N2O2. The molecule has 1 saturated heterocycles. The van der Waals surface area contributed by atoms with Gasteiger partial charge in [0, 0.05) is 30.8 Å². The lowest BCUT2D eigenvalue weighted by Gasteiger charge is -2.24. The molecule has 1 aromatic heterocycles. The van der Waals surface area contributed by atoms with Crippen LogP contribution in [0, 0.1) is 11.6 Å². The molecule has 1 N–H and O–H groups in total. The van der Waals surface area contributed by atoms with Gasteiger partial charge in [0.2, 0.25) is 5.88 Å². The van der Waals surface area contributed by atoms with E-state index in [2.05, 4.69) is 4.98 Å². The van der Waals surface area contributed by atoms with Crippen LogP contribution in [0.1, 0.15) is 23.7 Å². The molecule has 0 spiro atoms. The Hall–Kier alpha value is -2.05. The quantitative estimate of drug-likeness (QED) is 0.941. The molecule has 2 aromatic rings. The van der Waals surface area contributed by atoms with E-state index in [1.54, 1.807) is 6.07 Å². The zero-order valence-electron chi connectivity index (χ0n) is 12.7. The molecular weight excluding hydrogens is 302 g/mol. The van der Waals surface area contributed by atoms with E-state index in [1.807, 2.05) is 17.0 Å². The summed E-state index contributed by atoms with van der Waals surface area (Å²) >= 11 is 0. The Morgan fingerprint density at radius 2 is 2.13 bits per heavy atom. The van der Waals surface area contributed by atoms with Gasteiger partial charge < -0.3 is 9.84 Å². The summed E-state index contributed by atoms with van der Waals surface area (Å²) < 4.78 is 32.6. The first kappa shape index (κ1) is 15.8. The van der Waals surface area contributed by atoms with Crippen LogP contribution in [0.2, 0.25) is 0 Å². The first-order valence-corrected chi connectivity index (χ1v) is 7.44. The lowest BCUT2D eigenvalue weighted by Crippen LogP contribution is -2.25. The number of likely N-dealkylation sites (tertiary alicyclic amines) is 1. The van der Waals surface area contributed by atoms with E-state index in [0.717, 1.165) is 17.8 Å². The number of hydrogen-bond donors (Lipinski definition) is 1. The van der Waals surface area contributed by atoms with Crippen molar-refractivity contribution in [1.29, 1.82) is 0 Å². The highest BCUT2D eigenvalue weighted by molar-refractivity contribution is 5.24. The minimum Gasteiger partial charge on any atom is -0.481 e. The van der Waals surface area contributed by atoms with E-state index < -0.39 is 17.7 Å². The Morgan fingerprint density at radius 1 is 1.30 bits per heavy atom. The van der Waals surface area contributed by atoms with E-state index >= 15 is 0 Å². The van der Waals surface area contributed by atoms with Gasteiger partial charge in [0.25, 0.3) is 0 Å². The topological polar surface area (TPSA) is 45.6 Å². The summed E-state index contributed by atoms with van der Waals surface area (Å²) in [5, 5.41) is 9.97. The molecule has 6 heteroatoms. The highest BCUT2D eigenvalue weighted by atomic mass is 19.1. The van der Waals surface area contributed by atoms with Gasteiger partial charge in [-0.15, -0.1) is 0 Å². The molecule has 0 bridgehead atoms. The van der Waals surface area contributed by atoms with E-state index in [0.29, 0.717) is 25.4 Å². The fraction of sp³-hybridized carbons (Fsp3) is 0.353. The zero-order chi connectivity index (χ0) is 16.4. The summed E-state index contributed by atoms with van der Waals surface area (Å²) in [6.45, 7) is 0.814. The molecule has 1 aromatic carbocycles. The van der Waals surface area contributed by atoms with Gasteiger partial charge in [0.05, 0.1) is 18.9 Å². The number of rotatable bonds is 4. The first-order valence-electron chi connectivity index (χ1n) is 7.44. The average molecular weight is 320 g/mol. The lowest BCUT2D eigenvalue weighted by molar-refractivity contribution is 0.171. The number of benzene rings is 1. The predicted octanol–water partition coefficient (Wildman–Crippen LogP) is 2.68. The van der Waals surface area contributed by atoms with Crippen molar-refractivity contribution in [3.05, 3.63) is 59.3 Å². The summed E-state index contributed by atoms with van der Waals surface area (Å²) in [6, 6.07) is 8.44. The van der Waals surface area contributed by atoms with Crippen molar-refractivity contribution in [3.8, 4) is 5.88 Å². The zero-order valence-corrected chi connectivity index (χ0v) is 12.7. The number of pyridine rings is 1. The lowest BCUT2D eigenvalue weighted by atomic mass is 10.0. The number of hydrogen-bond acceptors (Lipinski definition) is 4. The summed E-state index contributed by atoms with van der Waals surface area (Å²) in [4.78, 5) is 6.24. The molecule has 0 radical (unpaired) electrons. The van der Waals surface area contributed by atoms with Gasteiger partial charge in [-0.05, 0) is 30.7 Å². The number of aliphatic hydroxyl groups excluding tert-OH is 1. The van der Waals surface area contributed by atoms with Crippen LogP contribution in [0.5, 0.6) is 5.88 Å². The van der Waals surface area contributed by atoms with Crippen molar-refractivity contribution in [2.75, 3.05) is 13.7 Å². The Kier molecular flexibility index (Phi) is 4.54. The van der Waals surface area contributed by atoms with Crippen LogP contribution < -0.4 is 4.74 Å². The van der Waals surface area contributed by atoms with Crippen LogP contribution in [0.25, 0.3) is 0 Å². The third-order valence-corrected chi connectivity index (χ3v) is 4.05. The maximum absolute atomic E-state index is 14.1. The van der Waals surface area contributed by atoms with Crippen molar-refractivity contribution in [1.82, 2.24) is 9.88 Å². The molecule has 23 heavy (non-hydrogen) atoms. The number of aliphatic hydroxyl groups is 1. The van der Waals surface area contributed by atoms with Crippen LogP contribution in [0.15, 0.2) is 36.4 Å². The van der Waals surface area contributed by atoms with E-state index in [4.69, 9.17) is 4.74 Å². The molecule has 3 rings (SSSR count). The van der Waals surface area contributed by atoms with Crippen molar-refractivity contribution in [2.24, 2.45) is 0 Å². The third kappa shape index (κ3) is 3.48. The average Bonchev–Trinajstić information content (AvgIpc) is 2.90. The Balaban J connectivity index is 1.86. The van der Waals surface area contributed by atoms with Gasteiger partial charge in [0.1, 0.15) is 11.6 Å². The molecule has 0 unspecified atom stereocenters. The fourth-order valence-electron chi connectivity index (χ4n) is 3.02. The maximum Gasteiger partial charge on any atom is 0.213 e. The van der Waals surface area contributed by atoms with E-state index in [9.17, 15) is 13.9 Å². The Labute approximate surface area is 133 Å². The second kappa shape index (κ2) is 6.60. The molecule has 0 aliphatic carbocycles. The standard InChI is InChI=1S/C17H18F2N2O2/c1-23-17-4-2-3-12(20-17)9-21-10-13(22)8-16(21)14-7-11(18)5-6-15(14)19/h2-7,13,16,22H,8-10H2,1H3/t13-,16+/m0/s1. The Morgan fingerprint density at radius 3 is 2.91 bits per heavy atom. The molecule has 2 atom stereocenters. The van der Waals surface area contributed by atoms with Crippen LogP contribution in [0.4, 0.5) is 8.78 Å². The molecule has 1 aliphatic rings. The van der Waals surface area contributed by atoms with Crippen LogP contribution in [0.3, 0.4) is 0 Å². The first-order chi connectivity index (χ1) is 11.1. The maximum atomic E-state index is 14.1. The number of aromatic nitrogens is 1. The van der Waals surface area contributed by atoms with E-state index in [-0.39, 0.29) is 11.6 Å². The summed E-state index contributed by atoms with van der Waals surface area (Å²) in [6.07, 6.45) is -0.210. The summed E-state index contributed by atoms with van der Waals surface area (Å²) in [5.41, 5.74) is 1.02. The molecule has 4 nitrogen and oxygen atoms in total. The largest absolute Gasteiger partial charge is 0.481 e. The highest BCUT2D eigenvalue weighted by Crippen LogP contribution is 2.35. The summed E-state index contributed by atoms with van der Waals surface area (Å²) in [5.74, 6) is -0.452. The third-order valence-electron chi connectivity index (χ3n) is 4.05. The van der Waals surface area contributed by atoms with Gasteiger partial charge in [-0.1, -0.05) is 6.07 Å². The molecule has 0 amide bonds. The number of β-amino-alcohol motifs (C(OH)–C–C–N with tert-alkyl or cyclic N) is 1. The van der Waals surface area contributed by atoms with Gasteiger partial charge >= 0.3 is 0 Å². The number of methoxy groups -OCH3 is 1. The van der Waals surface area contributed by atoms with Crippen molar-refractivity contribution >= 4 is 0 Å². The van der Waals surface area contributed by atoms with Gasteiger partial charge in [-0.25, -0.2) is 13.8 Å². The van der Waals surface area contributed by atoms with E-state index in [1.165, 1.54) is 13.2 Å². The van der Waals surface area contributed by atoms with Crippen LogP contribution in [-0.4, -0.2) is 34.7 Å². The monoisotopic (exact) mass is 320 g/mol.